The molecular weight excluding hydrogens is 388 g/mol. The van der Waals surface area contributed by atoms with Crippen LogP contribution < -0.4 is 14.3 Å². The lowest BCUT2D eigenvalue weighted by Gasteiger charge is -2.03. The molecular formula is C18H18N2O5S2. The van der Waals surface area contributed by atoms with Crippen LogP contribution in [0.1, 0.15) is 0 Å². The molecule has 0 bridgehead atoms. The highest BCUT2D eigenvalue weighted by Gasteiger charge is 2.19. The minimum absolute atomic E-state index is 0.0531. The van der Waals surface area contributed by atoms with Gasteiger partial charge in [0, 0.05) is 7.05 Å². The number of aryl methyl sites for hydroxylation is 1. The number of fused-ring (bicyclic) bond motifs is 1. The first-order valence-corrected chi connectivity index (χ1v) is 10.4. The van der Waals surface area contributed by atoms with E-state index >= 15 is 0 Å². The fourth-order valence-electron chi connectivity index (χ4n) is 2.52. The molecule has 0 fully saturated rings. The molecule has 3 rings (SSSR count). The van der Waals surface area contributed by atoms with E-state index in [2.05, 4.69) is 4.99 Å². The Kier molecular flexibility index (Phi) is 5.33. The smallest absolute Gasteiger partial charge is 0.263 e. The number of aromatic nitrogens is 1. The second kappa shape index (κ2) is 7.53. The SMILES string of the molecule is COc1ccc(S(=O)(=O)CC(=O)N=c2sc3cc(OC)ccc3n2C)cc1. The number of methoxy groups -OCH3 is 2. The molecule has 0 atom stereocenters. The Morgan fingerprint density at radius 3 is 2.33 bits per heavy atom. The molecule has 0 radical (unpaired) electrons. The summed E-state index contributed by atoms with van der Waals surface area (Å²) in [5.41, 5.74) is 0.880. The maximum atomic E-state index is 12.4. The summed E-state index contributed by atoms with van der Waals surface area (Å²) in [5, 5.41) is 0. The largest absolute Gasteiger partial charge is 0.497 e. The van der Waals surface area contributed by atoms with Crippen molar-refractivity contribution in [2.75, 3.05) is 20.0 Å². The third-order valence-electron chi connectivity index (χ3n) is 3.97. The maximum absolute atomic E-state index is 12.4. The number of benzene rings is 2. The first kappa shape index (κ1) is 19.1. The molecule has 0 aliphatic carbocycles. The Morgan fingerprint density at radius 2 is 1.70 bits per heavy atom. The van der Waals surface area contributed by atoms with Crippen molar-refractivity contribution in [3.05, 3.63) is 47.3 Å². The molecule has 2 aromatic carbocycles. The van der Waals surface area contributed by atoms with Crippen molar-refractivity contribution >= 4 is 37.3 Å². The molecule has 0 N–H and O–H groups in total. The van der Waals surface area contributed by atoms with Crippen LogP contribution in [0, 0.1) is 0 Å². The number of hydrogen-bond donors (Lipinski definition) is 0. The van der Waals surface area contributed by atoms with Gasteiger partial charge in [-0.3, -0.25) is 4.79 Å². The second-order valence-electron chi connectivity index (χ2n) is 5.72. The summed E-state index contributed by atoms with van der Waals surface area (Å²) >= 11 is 1.29. The van der Waals surface area contributed by atoms with Gasteiger partial charge in [-0.25, -0.2) is 8.42 Å². The zero-order valence-electron chi connectivity index (χ0n) is 15.0. The van der Waals surface area contributed by atoms with Crippen molar-refractivity contribution < 1.29 is 22.7 Å². The fraction of sp³-hybridized carbons (Fsp3) is 0.222. The van der Waals surface area contributed by atoms with E-state index in [4.69, 9.17) is 9.47 Å². The Morgan fingerprint density at radius 1 is 1.07 bits per heavy atom. The molecule has 1 aromatic heterocycles. The quantitative estimate of drug-likeness (QED) is 0.648. The molecule has 0 unspecified atom stereocenters. The second-order valence-corrected chi connectivity index (χ2v) is 8.72. The standard InChI is InChI=1S/C18H18N2O5S2/c1-20-15-9-6-13(25-3)10-16(15)26-18(20)19-17(21)11-27(22,23)14-7-4-12(24-2)5-8-14/h4-10H,11H2,1-3H3. The van der Waals surface area contributed by atoms with Gasteiger partial charge in [-0.05, 0) is 42.5 Å². The average Bonchev–Trinajstić information content (AvgIpc) is 2.96. The molecule has 0 spiro atoms. The van der Waals surface area contributed by atoms with Gasteiger partial charge in [0.25, 0.3) is 5.91 Å². The van der Waals surface area contributed by atoms with E-state index in [9.17, 15) is 13.2 Å². The molecule has 142 valence electrons. The van der Waals surface area contributed by atoms with Gasteiger partial charge in [-0.1, -0.05) is 11.3 Å². The lowest BCUT2D eigenvalue weighted by atomic mass is 10.3. The highest BCUT2D eigenvalue weighted by Crippen LogP contribution is 2.22. The Bertz CT molecular complexity index is 1160. The summed E-state index contributed by atoms with van der Waals surface area (Å²) in [6.07, 6.45) is 0. The van der Waals surface area contributed by atoms with Crippen molar-refractivity contribution in [2.45, 2.75) is 4.90 Å². The van der Waals surface area contributed by atoms with Crippen molar-refractivity contribution in [3.8, 4) is 11.5 Å². The minimum Gasteiger partial charge on any atom is -0.497 e. The number of sulfone groups is 1. The normalized spacial score (nSPS) is 12.3. The van der Waals surface area contributed by atoms with Gasteiger partial charge >= 0.3 is 0 Å². The van der Waals surface area contributed by atoms with Crippen LogP contribution in [-0.2, 0) is 21.7 Å². The molecule has 0 saturated carbocycles. The Labute approximate surface area is 160 Å². The predicted octanol–water partition coefficient (Wildman–Crippen LogP) is 2.16. The molecule has 1 amide bonds. The number of hydrogen-bond acceptors (Lipinski definition) is 6. The summed E-state index contributed by atoms with van der Waals surface area (Å²) < 4.78 is 37.7. The minimum atomic E-state index is -3.78. The number of amides is 1. The predicted molar refractivity (Wildman–Crippen MR) is 103 cm³/mol. The summed E-state index contributed by atoms with van der Waals surface area (Å²) in [5.74, 6) is -0.182. The number of carbonyl (C=O) groups excluding carboxylic acids is 1. The number of nitrogens with zero attached hydrogens (tertiary/aromatic N) is 2. The van der Waals surface area contributed by atoms with E-state index in [1.54, 1.807) is 18.7 Å². The fourth-order valence-corrected chi connectivity index (χ4v) is 4.69. The van der Waals surface area contributed by atoms with Crippen molar-refractivity contribution in [1.29, 1.82) is 0 Å². The maximum Gasteiger partial charge on any atom is 0.263 e. The Hall–Kier alpha value is -2.65. The van der Waals surface area contributed by atoms with Gasteiger partial charge in [-0.2, -0.15) is 4.99 Å². The number of carbonyl (C=O) groups is 1. The van der Waals surface area contributed by atoms with Crippen molar-refractivity contribution in [1.82, 2.24) is 4.57 Å². The van der Waals surface area contributed by atoms with E-state index in [-0.39, 0.29) is 4.90 Å². The zero-order chi connectivity index (χ0) is 19.6. The summed E-state index contributed by atoms with van der Waals surface area (Å²) in [6.45, 7) is 0. The number of rotatable bonds is 5. The van der Waals surface area contributed by atoms with Gasteiger partial charge in [-0.15, -0.1) is 0 Å². The summed E-state index contributed by atoms with van der Waals surface area (Å²) in [4.78, 5) is 16.7. The first-order valence-electron chi connectivity index (χ1n) is 7.92. The molecule has 1 heterocycles. The molecule has 3 aromatic rings. The van der Waals surface area contributed by atoms with E-state index in [0.29, 0.717) is 16.3 Å². The molecule has 7 nitrogen and oxygen atoms in total. The topological polar surface area (TPSA) is 87.0 Å². The van der Waals surface area contributed by atoms with E-state index in [1.165, 1.54) is 42.7 Å². The first-order chi connectivity index (χ1) is 12.8. The van der Waals surface area contributed by atoms with Crippen LogP contribution in [0.5, 0.6) is 11.5 Å². The lowest BCUT2D eigenvalue weighted by Crippen LogP contribution is -2.19. The van der Waals surface area contributed by atoms with Crippen LogP contribution in [0.2, 0.25) is 0 Å². The van der Waals surface area contributed by atoms with Crippen molar-refractivity contribution in [2.24, 2.45) is 12.0 Å². The zero-order valence-corrected chi connectivity index (χ0v) is 16.6. The monoisotopic (exact) mass is 406 g/mol. The summed E-state index contributed by atoms with van der Waals surface area (Å²) in [7, 11) is 1.06. The van der Waals surface area contributed by atoms with Crippen LogP contribution >= 0.6 is 11.3 Å². The van der Waals surface area contributed by atoms with E-state index < -0.39 is 21.5 Å². The van der Waals surface area contributed by atoms with Gasteiger partial charge in [0.1, 0.15) is 17.3 Å². The van der Waals surface area contributed by atoms with Gasteiger partial charge in [0.05, 0.1) is 29.3 Å². The average molecular weight is 406 g/mol. The van der Waals surface area contributed by atoms with Gasteiger partial charge < -0.3 is 14.0 Å². The van der Waals surface area contributed by atoms with Crippen LogP contribution in [0.25, 0.3) is 10.2 Å². The van der Waals surface area contributed by atoms with Crippen molar-refractivity contribution in [3.63, 3.8) is 0 Å². The number of ether oxygens (including phenoxy) is 2. The van der Waals surface area contributed by atoms with Gasteiger partial charge in [0.15, 0.2) is 14.6 Å². The third kappa shape index (κ3) is 4.04. The lowest BCUT2D eigenvalue weighted by molar-refractivity contribution is -0.115. The molecule has 9 heteroatoms. The van der Waals surface area contributed by atoms with E-state index in [1.807, 2.05) is 18.2 Å². The van der Waals surface area contributed by atoms with Crippen LogP contribution in [-0.4, -0.2) is 38.9 Å². The molecule has 0 saturated heterocycles. The van der Waals surface area contributed by atoms with Crippen LogP contribution in [0.4, 0.5) is 0 Å². The molecule has 0 aliphatic rings. The van der Waals surface area contributed by atoms with E-state index in [0.717, 1.165) is 10.2 Å². The highest BCUT2D eigenvalue weighted by atomic mass is 32.2. The Balaban J connectivity index is 1.89. The molecule has 27 heavy (non-hydrogen) atoms. The summed E-state index contributed by atoms with van der Waals surface area (Å²) in [6, 6.07) is 11.4. The highest BCUT2D eigenvalue weighted by molar-refractivity contribution is 7.92. The third-order valence-corrected chi connectivity index (χ3v) is 6.68. The van der Waals surface area contributed by atoms with Crippen LogP contribution in [0.3, 0.4) is 0 Å². The molecule has 0 aliphatic heterocycles. The van der Waals surface area contributed by atoms with Gasteiger partial charge in [0.2, 0.25) is 0 Å². The van der Waals surface area contributed by atoms with Crippen LogP contribution in [0.15, 0.2) is 52.4 Å². The number of thiazole rings is 1.